The molecule has 0 aliphatic heterocycles. The first-order valence-electron chi connectivity index (χ1n) is 7.93. The van der Waals surface area contributed by atoms with Crippen molar-refractivity contribution in [2.24, 2.45) is 0 Å². The topological polar surface area (TPSA) is 94.1 Å². The lowest BCUT2D eigenvalue weighted by atomic mass is 10.1. The van der Waals surface area contributed by atoms with Crippen molar-refractivity contribution in [3.05, 3.63) is 53.6 Å². The fraction of sp³-hybridized carbons (Fsp3) is 0.200. The molecule has 7 heteroatoms. The van der Waals surface area contributed by atoms with Gasteiger partial charge in [-0.25, -0.2) is 0 Å². The van der Waals surface area contributed by atoms with Crippen molar-refractivity contribution in [2.75, 3.05) is 27.9 Å². The molecule has 0 radical (unpaired) electrons. The van der Waals surface area contributed by atoms with Crippen LogP contribution in [-0.4, -0.2) is 39.7 Å². The third-order valence-corrected chi connectivity index (χ3v) is 3.63. The number of carboxylic acids is 1. The van der Waals surface area contributed by atoms with Gasteiger partial charge in [-0.2, -0.15) is 0 Å². The standard InChI is InChI=1S/C20H20O7/c1-24-14-6-7-15(18(11-14)25-2)16(21)8-4-13-5-9-17(19(10-13)26-3)27-12-20(22)23/h4-11H,12H2,1-3H3,(H,22,23)/p-1/b8-4+. The third-order valence-electron chi connectivity index (χ3n) is 3.63. The Morgan fingerprint density at radius 3 is 2.30 bits per heavy atom. The molecule has 2 aromatic rings. The largest absolute Gasteiger partial charge is 0.546 e. The summed E-state index contributed by atoms with van der Waals surface area (Å²) in [5.41, 5.74) is 1.07. The second-order valence-corrected chi connectivity index (χ2v) is 5.33. The van der Waals surface area contributed by atoms with E-state index in [0.717, 1.165) is 0 Å². The Labute approximate surface area is 156 Å². The van der Waals surface area contributed by atoms with Gasteiger partial charge in [0, 0.05) is 6.07 Å². The number of aliphatic carboxylic acids is 1. The molecule has 0 spiro atoms. The van der Waals surface area contributed by atoms with Crippen molar-refractivity contribution < 1.29 is 33.6 Å². The molecule has 7 nitrogen and oxygen atoms in total. The number of allylic oxidation sites excluding steroid dienone is 1. The van der Waals surface area contributed by atoms with Crippen LogP contribution in [0.4, 0.5) is 0 Å². The van der Waals surface area contributed by atoms with Crippen molar-refractivity contribution in [3.63, 3.8) is 0 Å². The van der Waals surface area contributed by atoms with E-state index in [2.05, 4.69) is 0 Å². The minimum absolute atomic E-state index is 0.245. The van der Waals surface area contributed by atoms with Gasteiger partial charge in [-0.15, -0.1) is 0 Å². The van der Waals surface area contributed by atoms with E-state index < -0.39 is 12.6 Å². The van der Waals surface area contributed by atoms with E-state index in [4.69, 9.17) is 18.9 Å². The summed E-state index contributed by atoms with van der Waals surface area (Å²) in [6.07, 6.45) is 3.01. The Morgan fingerprint density at radius 1 is 0.926 bits per heavy atom. The van der Waals surface area contributed by atoms with Gasteiger partial charge in [0.1, 0.15) is 18.1 Å². The molecule has 142 valence electrons. The van der Waals surface area contributed by atoms with E-state index in [-0.39, 0.29) is 11.5 Å². The Morgan fingerprint density at radius 2 is 1.67 bits per heavy atom. The number of benzene rings is 2. The molecule has 0 fully saturated rings. The van der Waals surface area contributed by atoms with Gasteiger partial charge in [-0.3, -0.25) is 4.79 Å². The van der Waals surface area contributed by atoms with Crippen LogP contribution in [0.2, 0.25) is 0 Å². The van der Waals surface area contributed by atoms with Crippen molar-refractivity contribution in [1.82, 2.24) is 0 Å². The molecule has 2 aromatic carbocycles. The molecule has 0 amide bonds. The van der Waals surface area contributed by atoms with Crippen LogP contribution in [0, 0.1) is 0 Å². The first-order chi connectivity index (χ1) is 13.0. The maximum Gasteiger partial charge on any atom is 0.189 e. The van der Waals surface area contributed by atoms with Crippen LogP contribution in [-0.2, 0) is 4.79 Å². The predicted molar refractivity (Wildman–Crippen MR) is 96.4 cm³/mol. The number of hydrogen-bond acceptors (Lipinski definition) is 7. The van der Waals surface area contributed by atoms with Gasteiger partial charge < -0.3 is 28.8 Å². The molecule has 0 heterocycles. The number of carbonyl (C=O) groups is 2. The fourth-order valence-corrected chi connectivity index (χ4v) is 2.31. The molecule has 0 saturated heterocycles. The average molecular weight is 371 g/mol. The zero-order valence-electron chi connectivity index (χ0n) is 15.2. The lowest BCUT2D eigenvalue weighted by Gasteiger charge is -2.11. The Hall–Kier alpha value is -3.48. The van der Waals surface area contributed by atoms with Crippen LogP contribution < -0.4 is 24.1 Å². The molecule has 0 unspecified atom stereocenters. The number of rotatable bonds is 9. The number of ether oxygens (including phenoxy) is 4. The van der Waals surface area contributed by atoms with E-state index >= 15 is 0 Å². The monoisotopic (exact) mass is 371 g/mol. The molecular weight excluding hydrogens is 352 g/mol. The van der Waals surface area contributed by atoms with Gasteiger partial charge in [-0.1, -0.05) is 12.1 Å². The molecule has 0 atom stereocenters. The predicted octanol–water partition coefficient (Wildman–Crippen LogP) is 1.74. The normalized spacial score (nSPS) is 10.5. The smallest absolute Gasteiger partial charge is 0.189 e. The first-order valence-corrected chi connectivity index (χ1v) is 7.93. The molecule has 0 aliphatic rings. The minimum atomic E-state index is -1.33. The summed E-state index contributed by atoms with van der Waals surface area (Å²) in [4.78, 5) is 23.0. The van der Waals surface area contributed by atoms with Gasteiger partial charge in [0.25, 0.3) is 0 Å². The third kappa shape index (κ3) is 5.24. The van der Waals surface area contributed by atoms with Crippen LogP contribution >= 0.6 is 0 Å². The summed E-state index contributed by atoms with van der Waals surface area (Å²) in [5, 5.41) is 10.5. The number of ketones is 1. The Bertz CT molecular complexity index is 855. The SMILES string of the molecule is COc1ccc(C(=O)/C=C/c2ccc(OCC(=O)[O-])c(OC)c2)c(OC)c1. The highest BCUT2D eigenvalue weighted by Crippen LogP contribution is 2.29. The van der Waals surface area contributed by atoms with E-state index in [0.29, 0.717) is 28.4 Å². The maximum absolute atomic E-state index is 12.5. The van der Waals surface area contributed by atoms with E-state index in [9.17, 15) is 14.7 Å². The second-order valence-electron chi connectivity index (χ2n) is 5.33. The van der Waals surface area contributed by atoms with Crippen LogP contribution in [0.3, 0.4) is 0 Å². The summed E-state index contributed by atoms with van der Waals surface area (Å²) >= 11 is 0. The first kappa shape index (κ1) is 19.8. The van der Waals surface area contributed by atoms with Gasteiger partial charge >= 0.3 is 0 Å². The van der Waals surface area contributed by atoms with Gasteiger partial charge in [0.05, 0.1) is 32.9 Å². The maximum atomic E-state index is 12.5. The number of carboxylic acid groups (broad SMARTS) is 1. The molecule has 2 rings (SSSR count). The van der Waals surface area contributed by atoms with E-state index in [1.165, 1.54) is 27.4 Å². The van der Waals surface area contributed by atoms with Crippen molar-refractivity contribution in [2.45, 2.75) is 0 Å². The van der Waals surface area contributed by atoms with Crippen molar-refractivity contribution in [3.8, 4) is 23.0 Å². The molecule has 0 aromatic heterocycles. The molecule has 0 N–H and O–H groups in total. The summed E-state index contributed by atoms with van der Waals surface area (Å²) < 4.78 is 20.6. The van der Waals surface area contributed by atoms with E-state index in [1.807, 2.05) is 0 Å². The van der Waals surface area contributed by atoms with Crippen LogP contribution in [0.15, 0.2) is 42.5 Å². The highest BCUT2D eigenvalue weighted by atomic mass is 16.5. The number of methoxy groups -OCH3 is 3. The van der Waals surface area contributed by atoms with E-state index in [1.54, 1.807) is 42.5 Å². The fourth-order valence-electron chi connectivity index (χ4n) is 2.31. The molecule has 0 bridgehead atoms. The van der Waals surface area contributed by atoms with Gasteiger partial charge in [0.2, 0.25) is 0 Å². The highest BCUT2D eigenvalue weighted by Gasteiger charge is 2.11. The Balaban J connectivity index is 2.19. The molecule has 0 saturated carbocycles. The zero-order chi connectivity index (χ0) is 19.8. The zero-order valence-corrected chi connectivity index (χ0v) is 15.2. The molecule has 27 heavy (non-hydrogen) atoms. The number of hydrogen-bond donors (Lipinski definition) is 0. The Kier molecular flexibility index (Phi) is 6.82. The highest BCUT2D eigenvalue weighted by molar-refractivity contribution is 6.08. The van der Waals surface area contributed by atoms with Crippen molar-refractivity contribution in [1.29, 1.82) is 0 Å². The lowest BCUT2D eigenvalue weighted by molar-refractivity contribution is -0.307. The van der Waals surface area contributed by atoms with Crippen LogP contribution in [0.5, 0.6) is 23.0 Å². The quantitative estimate of drug-likeness (QED) is 0.489. The molecule has 0 aliphatic carbocycles. The average Bonchev–Trinajstić information content (AvgIpc) is 2.69. The minimum Gasteiger partial charge on any atom is -0.546 e. The molecular formula is C20H19O7-. The van der Waals surface area contributed by atoms with Gasteiger partial charge in [0.15, 0.2) is 17.3 Å². The summed E-state index contributed by atoms with van der Waals surface area (Å²) in [6, 6.07) is 9.78. The second kappa shape index (κ2) is 9.28. The summed E-state index contributed by atoms with van der Waals surface area (Å²) in [6.45, 7) is -0.582. The van der Waals surface area contributed by atoms with Crippen molar-refractivity contribution >= 4 is 17.8 Å². The lowest BCUT2D eigenvalue weighted by Crippen LogP contribution is -2.29. The summed E-state index contributed by atoms with van der Waals surface area (Å²) in [7, 11) is 4.44. The summed E-state index contributed by atoms with van der Waals surface area (Å²) in [5.74, 6) is 0.0255. The van der Waals surface area contributed by atoms with Gasteiger partial charge in [-0.05, 0) is 35.9 Å². The number of carbonyl (C=O) groups excluding carboxylic acids is 2. The van der Waals surface area contributed by atoms with Crippen LogP contribution in [0.25, 0.3) is 6.08 Å². The van der Waals surface area contributed by atoms with Crippen LogP contribution in [0.1, 0.15) is 15.9 Å².